The van der Waals surface area contributed by atoms with Gasteiger partial charge >= 0.3 is 5.97 Å². The van der Waals surface area contributed by atoms with Crippen molar-refractivity contribution in [1.82, 2.24) is 4.72 Å². The van der Waals surface area contributed by atoms with Crippen LogP contribution in [0, 0.1) is 0 Å². The van der Waals surface area contributed by atoms with Crippen LogP contribution >= 0.6 is 0 Å². The van der Waals surface area contributed by atoms with Crippen LogP contribution in [0.2, 0.25) is 0 Å². The van der Waals surface area contributed by atoms with E-state index >= 15 is 0 Å². The van der Waals surface area contributed by atoms with Gasteiger partial charge in [0.05, 0.1) is 31.1 Å². The van der Waals surface area contributed by atoms with Gasteiger partial charge in [0, 0.05) is 6.54 Å². The monoisotopic (exact) mass is 303 g/mol. The molecule has 0 radical (unpaired) electrons. The lowest BCUT2D eigenvalue weighted by Gasteiger charge is -2.07. The molecule has 1 aromatic rings. The molecule has 0 unspecified atom stereocenters. The Labute approximate surface area is 117 Å². The maximum atomic E-state index is 11.8. The van der Waals surface area contributed by atoms with Crippen molar-refractivity contribution in [1.29, 1.82) is 0 Å². The van der Waals surface area contributed by atoms with E-state index in [1.54, 1.807) is 6.07 Å². The molecule has 1 rings (SSSR count). The lowest BCUT2D eigenvalue weighted by molar-refractivity contribution is 0.0696. The Bertz CT molecular complexity index is 543. The van der Waals surface area contributed by atoms with E-state index in [4.69, 9.17) is 14.9 Å². The summed E-state index contributed by atoms with van der Waals surface area (Å²) in [5.74, 6) is -1.40. The molecule has 0 saturated carbocycles. The molecule has 0 aromatic heterocycles. The zero-order chi connectivity index (χ0) is 15.0. The highest BCUT2D eigenvalue weighted by Crippen LogP contribution is 2.08. The van der Waals surface area contributed by atoms with Crippen molar-refractivity contribution < 1.29 is 28.2 Å². The van der Waals surface area contributed by atoms with Gasteiger partial charge in [-0.2, -0.15) is 0 Å². The summed E-state index contributed by atoms with van der Waals surface area (Å²) in [6, 6.07) is 5.77. The number of hydrogen-bond donors (Lipinski definition) is 3. The summed E-state index contributed by atoms with van der Waals surface area (Å²) in [7, 11) is -3.55. The molecule has 0 aliphatic rings. The number of aliphatic hydroxyl groups is 1. The van der Waals surface area contributed by atoms with Crippen LogP contribution in [0.4, 0.5) is 0 Å². The molecule has 7 nitrogen and oxygen atoms in total. The third kappa shape index (κ3) is 6.11. The van der Waals surface area contributed by atoms with E-state index in [-0.39, 0.29) is 37.7 Å². The molecule has 0 fully saturated rings. The number of rotatable bonds is 9. The molecule has 0 amide bonds. The minimum absolute atomic E-state index is 0.0454. The molecule has 0 aliphatic carbocycles. The molecule has 0 aliphatic heterocycles. The van der Waals surface area contributed by atoms with Crippen LogP contribution in [-0.2, 0) is 20.5 Å². The summed E-state index contributed by atoms with van der Waals surface area (Å²) in [5.41, 5.74) is 0.442. The summed E-state index contributed by atoms with van der Waals surface area (Å²) in [6.07, 6.45) is 0. The van der Waals surface area contributed by atoms with Crippen LogP contribution in [0.15, 0.2) is 24.3 Å². The van der Waals surface area contributed by atoms with Crippen molar-refractivity contribution in [3.63, 3.8) is 0 Å². The number of sulfonamides is 1. The molecule has 8 heteroatoms. The topological polar surface area (TPSA) is 113 Å². The van der Waals surface area contributed by atoms with Gasteiger partial charge in [0.1, 0.15) is 0 Å². The maximum absolute atomic E-state index is 11.8. The van der Waals surface area contributed by atoms with E-state index in [1.807, 2.05) is 0 Å². The van der Waals surface area contributed by atoms with Crippen molar-refractivity contribution in [3.05, 3.63) is 35.4 Å². The van der Waals surface area contributed by atoms with E-state index in [1.165, 1.54) is 18.2 Å². The van der Waals surface area contributed by atoms with Gasteiger partial charge in [-0.05, 0) is 17.7 Å². The molecular formula is C12H17NO6S. The number of carboxylic acids is 1. The highest BCUT2D eigenvalue weighted by molar-refractivity contribution is 7.88. The zero-order valence-corrected chi connectivity index (χ0v) is 11.6. The van der Waals surface area contributed by atoms with Crippen LogP contribution in [0.1, 0.15) is 15.9 Å². The van der Waals surface area contributed by atoms with Crippen molar-refractivity contribution in [2.75, 3.05) is 26.4 Å². The van der Waals surface area contributed by atoms with Crippen LogP contribution in [0.3, 0.4) is 0 Å². The van der Waals surface area contributed by atoms with Gasteiger partial charge in [0.15, 0.2) is 0 Å². The Hall–Kier alpha value is -1.48. The van der Waals surface area contributed by atoms with E-state index < -0.39 is 16.0 Å². The molecule has 0 spiro atoms. The van der Waals surface area contributed by atoms with Crippen LogP contribution < -0.4 is 4.72 Å². The first kappa shape index (κ1) is 16.6. The van der Waals surface area contributed by atoms with Gasteiger partial charge < -0.3 is 14.9 Å². The molecule has 1 aromatic carbocycles. The summed E-state index contributed by atoms with van der Waals surface area (Å²) >= 11 is 0. The second-order valence-corrected chi connectivity index (χ2v) is 5.80. The maximum Gasteiger partial charge on any atom is 0.335 e. The lowest BCUT2D eigenvalue weighted by atomic mass is 10.1. The lowest BCUT2D eigenvalue weighted by Crippen LogP contribution is -2.29. The van der Waals surface area contributed by atoms with Gasteiger partial charge in [0.2, 0.25) is 10.0 Å². The first-order valence-corrected chi connectivity index (χ1v) is 7.58. The first-order valence-electron chi connectivity index (χ1n) is 5.93. The van der Waals surface area contributed by atoms with E-state index in [2.05, 4.69) is 4.72 Å². The van der Waals surface area contributed by atoms with E-state index in [9.17, 15) is 13.2 Å². The van der Waals surface area contributed by atoms with Crippen molar-refractivity contribution in [2.45, 2.75) is 5.75 Å². The SMILES string of the molecule is O=C(O)c1cccc(CS(=O)(=O)NCCOCCO)c1. The quantitative estimate of drug-likeness (QED) is 0.545. The number of ether oxygens (including phenoxy) is 1. The highest BCUT2D eigenvalue weighted by atomic mass is 32.2. The highest BCUT2D eigenvalue weighted by Gasteiger charge is 2.12. The zero-order valence-electron chi connectivity index (χ0n) is 10.8. The van der Waals surface area contributed by atoms with Gasteiger partial charge in [-0.25, -0.2) is 17.9 Å². The van der Waals surface area contributed by atoms with Gasteiger partial charge in [-0.1, -0.05) is 12.1 Å². The second-order valence-electron chi connectivity index (χ2n) is 3.99. The van der Waals surface area contributed by atoms with E-state index in [0.29, 0.717) is 5.56 Å². The number of hydrogen-bond acceptors (Lipinski definition) is 5. The Morgan fingerprint density at radius 1 is 1.30 bits per heavy atom. The number of aliphatic hydroxyl groups excluding tert-OH is 1. The average Bonchev–Trinajstić information content (AvgIpc) is 2.38. The molecule has 0 saturated heterocycles. The fourth-order valence-electron chi connectivity index (χ4n) is 1.50. The number of nitrogens with one attached hydrogen (secondary N) is 1. The van der Waals surface area contributed by atoms with Gasteiger partial charge in [0.25, 0.3) is 0 Å². The average molecular weight is 303 g/mol. The summed E-state index contributed by atoms with van der Waals surface area (Å²) in [6.45, 7) is 0.299. The largest absolute Gasteiger partial charge is 0.478 e. The second kappa shape index (κ2) is 7.95. The predicted octanol–water partition coefficient (Wildman–Crippen LogP) is -0.187. The molecule has 0 atom stereocenters. The number of benzene rings is 1. The standard InChI is InChI=1S/C12H17NO6S/c14-5-7-19-6-4-13-20(17,18)9-10-2-1-3-11(8-10)12(15)16/h1-3,8,13-14H,4-7,9H2,(H,15,16). The van der Waals surface area contributed by atoms with Crippen LogP contribution in [0.25, 0.3) is 0 Å². The Morgan fingerprint density at radius 2 is 2.05 bits per heavy atom. The normalized spacial score (nSPS) is 11.4. The van der Waals surface area contributed by atoms with Crippen molar-refractivity contribution in [3.8, 4) is 0 Å². The number of carboxylic acid groups (broad SMARTS) is 1. The molecular weight excluding hydrogens is 286 g/mol. The molecule has 112 valence electrons. The fourth-order valence-corrected chi connectivity index (χ4v) is 2.62. The minimum atomic E-state index is -3.55. The minimum Gasteiger partial charge on any atom is -0.478 e. The molecule has 20 heavy (non-hydrogen) atoms. The number of carbonyl (C=O) groups is 1. The molecule has 0 bridgehead atoms. The Kier molecular flexibility index (Phi) is 6.59. The Morgan fingerprint density at radius 3 is 2.70 bits per heavy atom. The smallest absolute Gasteiger partial charge is 0.335 e. The molecule has 3 N–H and O–H groups in total. The predicted molar refractivity (Wildman–Crippen MR) is 71.9 cm³/mol. The van der Waals surface area contributed by atoms with Crippen molar-refractivity contribution in [2.24, 2.45) is 0 Å². The third-order valence-corrected chi connectivity index (χ3v) is 3.69. The van der Waals surface area contributed by atoms with E-state index in [0.717, 1.165) is 0 Å². The summed E-state index contributed by atoms with van der Waals surface area (Å²) in [5, 5.41) is 17.3. The fraction of sp³-hybridized carbons (Fsp3) is 0.417. The van der Waals surface area contributed by atoms with Crippen LogP contribution in [-0.4, -0.2) is 51.0 Å². The Balaban J connectivity index is 2.53. The van der Waals surface area contributed by atoms with Gasteiger partial charge in [-0.3, -0.25) is 0 Å². The number of aromatic carboxylic acids is 1. The first-order chi connectivity index (χ1) is 9.44. The third-order valence-electron chi connectivity index (χ3n) is 2.33. The molecule has 0 heterocycles. The van der Waals surface area contributed by atoms with Crippen LogP contribution in [0.5, 0.6) is 0 Å². The summed E-state index contributed by atoms with van der Waals surface area (Å²) < 4.78 is 30.8. The summed E-state index contributed by atoms with van der Waals surface area (Å²) in [4.78, 5) is 10.8. The van der Waals surface area contributed by atoms with Gasteiger partial charge in [-0.15, -0.1) is 0 Å². The van der Waals surface area contributed by atoms with Crippen molar-refractivity contribution >= 4 is 16.0 Å².